The fourth-order valence-electron chi connectivity index (χ4n) is 2.36. The molecule has 0 aromatic rings. The van der Waals surface area contributed by atoms with Gasteiger partial charge in [0.25, 0.3) is 0 Å². The Labute approximate surface area is 125 Å². The topological polar surface area (TPSA) is 82.4 Å². The Hall–Kier alpha value is -1.87. The monoisotopic (exact) mass is 293 g/mol. The van der Waals surface area contributed by atoms with E-state index < -0.39 is 5.97 Å². The number of rotatable bonds is 7. The highest BCUT2D eigenvalue weighted by molar-refractivity contribution is 5.76. The quantitative estimate of drug-likeness (QED) is 0.559. The first-order chi connectivity index (χ1) is 10.2. The van der Waals surface area contributed by atoms with E-state index in [1.807, 2.05) is 4.90 Å². The second-order valence-corrected chi connectivity index (χ2v) is 5.14. The number of ether oxygens (including phenoxy) is 1. The third kappa shape index (κ3) is 7.47. The smallest absolute Gasteiger partial charge is 0.321 e. The number of nitriles is 1. The summed E-state index contributed by atoms with van der Waals surface area (Å²) in [5.74, 6) is -0.371. The Kier molecular flexibility index (Phi) is 8.14. The highest BCUT2D eigenvalue weighted by Gasteiger charge is 2.21. The van der Waals surface area contributed by atoms with E-state index in [4.69, 9.17) is 10.00 Å². The number of amides is 1. The third-order valence-electron chi connectivity index (χ3n) is 3.35. The highest BCUT2D eigenvalue weighted by Crippen LogP contribution is 2.11. The average Bonchev–Trinajstić information content (AvgIpc) is 2.68. The Balaban J connectivity index is 2.41. The van der Waals surface area contributed by atoms with Crippen molar-refractivity contribution >= 4 is 11.9 Å². The summed E-state index contributed by atoms with van der Waals surface area (Å²) in [7, 11) is 0. The lowest BCUT2D eigenvalue weighted by Gasteiger charge is -2.24. The van der Waals surface area contributed by atoms with E-state index in [-0.39, 0.29) is 25.1 Å². The van der Waals surface area contributed by atoms with E-state index in [0.29, 0.717) is 19.4 Å². The predicted molar refractivity (Wildman–Crippen MR) is 78.2 cm³/mol. The summed E-state index contributed by atoms with van der Waals surface area (Å²) in [5.41, 5.74) is 0. The van der Waals surface area contributed by atoms with Gasteiger partial charge in [0.15, 0.2) is 6.61 Å². The van der Waals surface area contributed by atoms with Crippen molar-refractivity contribution in [1.82, 2.24) is 10.2 Å². The zero-order chi connectivity index (χ0) is 15.5. The van der Waals surface area contributed by atoms with Gasteiger partial charge in [-0.25, -0.2) is 0 Å². The molecule has 1 rings (SSSR count). The van der Waals surface area contributed by atoms with Crippen molar-refractivity contribution in [3.63, 3.8) is 0 Å². The number of allylic oxidation sites excluding steroid dienone is 1. The number of hydrogen-bond acceptors (Lipinski definition) is 5. The normalized spacial score (nSPS) is 19.1. The van der Waals surface area contributed by atoms with Crippen LogP contribution in [0.5, 0.6) is 0 Å². The molecule has 1 aliphatic rings. The summed E-state index contributed by atoms with van der Waals surface area (Å²) in [4.78, 5) is 25.3. The lowest BCUT2D eigenvalue weighted by molar-refractivity contribution is -0.143. The van der Waals surface area contributed by atoms with Crippen LogP contribution in [-0.2, 0) is 14.3 Å². The van der Waals surface area contributed by atoms with Gasteiger partial charge in [-0.3, -0.25) is 14.5 Å². The van der Waals surface area contributed by atoms with Crippen molar-refractivity contribution in [3.05, 3.63) is 12.7 Å². The fraction of sp³-hybridized carbons (Fsp3) is 0.667. The van der Waals surface area contributed by atoms with Crippen molar-refractivity contribution in [2.75, 3.05) is 26.2 Å². The number of carbonyl (C=O) groups excluding carboxylic acids is 2. The second-order valence-electron chi connectivity index (χ2n) is 5.14. The molecule has 6 nitrogen and oxygen atoms in total. The number of nitrogens with one attached hydrogen (secondary N) is 1. The van der Waals surface area contributed by atoms with Crippen molar-refractivity contribution < 1.29 is 14.3 Å². The van der Waals surface area contributed by atoms with Crippen molar-refractivity contribution in [3.8, 4) is 6.07 Å². The molecule has 0 radical (unpaired) electrons. The van der Waals surface area contributed by atoms with E-state index in [1.165, 1.54) is 0 Å². The number of nitrogens with zero attached hydrogens (tertiary/aromatic N) is 2. The molecule has 1 aliphatic heterocycles. The molecule has 0 unspecified atom stereocenters. The lowest BCUT2D eigenvalue weighted by Crippen LogP contribution is -2.44. The highest BCUT2D eigenvalue weighted by atomic mass is 16.5. The SMILES string of the molecule is C=CCCC(=O)N[C@H]1CCCCN(CC(=O)OCC#N)C1. The molecule has 0 saturated carbocycles. The molecular weight excluding hydrogens is 270 g/mol. The van der Waals surface area contributed by atoms with Crippen LogP contribution in [0, 0.1) is 11.3 Å². The van der Waals surface area contributed by atoms with Crippen LogP contribution in [0.15, 0.2) is 12.7 Å². The Morgan fingerprint density at radius 1 is 1.48 bits per heavy atom. The van der Waals surface area contributed by atoms with Gasteiger partial charge in [0.2, 0.25) is 5.91 Å². The lowest BCUT2D eigenvalue weighted by atomic mass is 10.1. The van der Waals surface area contributed by atoms with Crippen LogP contribution in [0.1, 0.15) is 32.1 Å². The molecule has 0 aromatic carbocycles. The fourth-order valence-corrected chi connectivity index (χ4v) is 2.36. The summed E-state index contributed by atoms with van der Waals surface area (Å²) >= 11 is 0. The van der Waals surface area contributed by atoms with Gasteiger partial charge in [0.05, 0.1) is 6.54 Å². The maximum absolute atomic E-state index is 11.7. The van der Waals surface area contributed by atoms with Crippen molar-refractivity contribution in [2.24, 2.45) is 0 Å². The van der Waals surface area contributed by atoms with Gasteiger partial charge in [-0.2, -0.15) is 5.26 Å². The molecule has 0 aliphatic carbocycles. The molecule has 1 saturated heterocycles. The molecule has 0 spiro atoms. The minimum absolute atomic E-state index is 0.0220. The minimum Gasteiger partial charge on any atom is -0.449 e. The third-order valence-corrected chi connectivity index (χ3v) is 3.35. The predicted octanol–water partition coefficient (Wildman–Crippen LogP) is 0.990. The van der Waals surface area contributed by atoms with E-state index in [2.05, 4.69) is 11.9 Å². The van der Waals surface area contributed by atoms with E-state index in [1.54, 1.807) is 12.1 Å². The molecule has 1 N–H and O–H groups in total. The van der Waals surface area contributed by atoms with Crippen LogP contribution >= 0.6 is 0 Å². The average molecular weight is 293 g/mol. The summed E-state index contributed by atoms with van der Waals surface area (Å²) in [6.07, 6.45) is 5.78. The molecule has 1 amide bonds. The Bertz CT molecular complexity index is 403. The first-order valence-corrected chi connectivity index (χ1v) is 7.31. The van der Waals surface area contributed by atoms with E-state index >= 15 is 0 Å². The van der Waals surface area contributed by atoms with Gasteiger partial charge in [-0.05, 0) is 25.8 Å². The van der Waals surface area contributed by atoms with Crippen LogP contribution in [-0.4, -0.2) is 49.1 Å². The van der Waals surface area contributed by atoms with Crippen molar-refractivity contribution in [2.45, 2.75) is 38.1 Å². The number of esters is 1. The summed E-state index contributed by atoms with van der Waals surface area (Å²) in [5, 5.41) is 11.4. The van der Waals surface area contributed by atoms with Crippen LogP contribution < -0.4 is 5.32 Å². The molecular formula is C15H23N3O3. The summed E-state index contributed by atoms with van der Waals surface area (Å²) < 4.78 is 4.76. The summed E-state index contributed by atoms with van der Waals surface area (Å²) in [6, 6.07) is 1.84. The number of likely N-dealkylation sites (tertiary alicyclic amines) is 1. The van der Waals surface area contributed by atoms with Gasteiger partial charge >= 0.3 is 5.97 Å². The van der Waals surface area contributed by atoms with Crippen molar-refractivity contribution in [1.29, 1.82) is 5.26 Å². The zero-order valence-electron chi connectivity index (χ0n) is 12.3. The van der Waals surface area contributed by atoms with Crippen LogP contribution in [0.2, 0.25) is 0 Å². The van der Waals surface area contributed by atoms with Gasteiger partial charge in [0, 0.05) is 19.0 Å². The van der Waals surface area contributed by atoms with Gasteiger partial charge in [-0.1, -0.05) is 12.5 Å². The minimum atomic E-state index is -0.393. The maximum Gasteiger partial charge on any atom is 0.321 e. The number of hydrogen-bond donors (Lipinski definition) is 1. The van der Waals surface area contributed by atoms with Gasteiger partial charge < -0.3 is 10.1 Å². The molecule has 1 atom stereocenters. The zero-order valence-corrected chi connectivity index (χ0v) is 12.3. The number of carbonyl (C=O) groups is 2. The molecule has 0 bridgehead atoms. The molecule has 1 fully saturated rings. The molecule has 0 aromatic heterocycles. The molecule has 116 valence electrons. The molecule has 21 heavy (non-hydrogen) atoms. The first kappa shape index (κ1) is 17.2. The second kappa shape index (κ2) is 9.94. The first-order valence-electron chi connectivity index (χ1n) is 7.31. The van der Waals surface area contributed by atoms with Gasteiger partial charge in [0.1, 0.15) is 6.07 Å². The maximum atomic E-state index is 11.7. The van der Waals surface area contributed by atoms with Crippen LogP contribution in [0.3, 0.4) is 0 Å². The van der Waals surface area contributed by atoms with Gasteiger partial charge in [-0.15, -0.1) is 6.58 Å². The summed E-state index contributed by atoms with van der Waals surface area (Å²) in [6.45, 7) is 5.00. The Morgan fingerprint density at radius 2 is 2.29 bits per heavy atom. The Morgan fingerprint density at radius 3 is 3.00 bits per heavy atom. The van der Waals surface area contributed by atoms with E-state index in [9.17, 15) is 9.59 Å². The van der Waals surface area contributed by atoms with E-state index in [0.717, 1.165) is 25.8 Å². The van der Waals surface area contributed by atoms with Crippen LogP contribution in [0.4, 0.5) is 0 Å². The largest absolute Gasteiger partial charge is 0.449 e. The standard InChI is InChI=1S/C15H23N3O3/c1-2-3-7-14(19)17-13-6-4-5-9-18(11-13)12-15(20)21-10-8-16/h2,13H,1,3-7,9-12H2,(H,17,19)/t13-/m0/s1. The van der Waals surface area contributed by atoms with Crippen LogP contribution in [0.25, 0.3) is 0 Å². The molecule has 6 heteroatoms. The molecule has 1 heterocycles.